The Bertz CT molecular complexity index is 1030. The van der Waals surface area contributed by atoms with E-state index in [0.29, 0.717) is 30.9 Å². The van der Waals surface area contributed by atoms with Crippen LogP contribution in [-0.4, -0.2) is 48.5 Å². The van der Waals surface area contributed by atoms with E-state index in [1.807, 2.05) is 73.3 Å². The van der Waals surface area contributed by atoms with Crippen LogP contribution in [0.15, 0.2) is 54.6 Å². The summed E-state index contributed by atoms with van der Waals surface area (Å²) in [7, 11) is 1.38. The Labute approximate surface area is 176 Å². The smallest absolute Gasteiger partial charge is 0.340 e. The van der Waals surface area contributed by atoms with Gasteiger partial charge in [0.1, 0.15) is 0 Å². The van der Waals surface area contributed by atoms with Crippen molar-refractivity contribution in [3.8, 4) is 11.1 Å². The molecule has 0 aliphatic rings. The number of likely N-dealkylation sites (N-methyl/N-ethyl adjacent to an activating group) is 2. The minimum Gasteiger partial charge on any atom is -0.465 e. The molecule has 0 unspecified atom stereocenters. The van der Waals surface area contributed by atoms with E-state index >= 15 is 0 Å². The van der Waals surface area contributed by atoms with Crippen LogP contribution in [-0.2, 0) is 16.1 Å². The fourth-order valence-corrected chi connectivity index (χ4v) is 3.55. The Morgan fingerprint density at radius 1 is 1.03 bits per heavy atom. The molecule has 3 aromatic rings. The molecule has 0 aliphatic carbocycles. The molecule has 0 spiro atoms. The average Bonchev–Trinajstić information content (AvgIpc) is 2.77. The van der Waals surface area contributed by atoms with Crippen LogP contribution in [0.5, 0.6) is 0 Å². The second-order valence-electron chi connectivity index (χ2n) is 6.94. The van der Waals surface area contributed by atoms with Gasteiger partial charge in [-0.05, 0) is 25.1 Å². The maximum atomic E-state index is 12.9. The first-order valence-corrected chi connectivity index (χ1v) is 10.1. The third-order valence-electron chi connectivity index (χ3n) is 4.98. The highest BCUT2D eigenvalue weighted by Crippen LogP contribution is 2.34. The summed E-state index contributed by atoms with van der Waals surface area (Å²) in [5, 5.41) is 3.71. The van der Waals surface area contributed by atoms with Crippen LogP contribution in [0.4, 0.5) is 0 Å². The zero-order valence-corrected chi connectivity index (χ0v) is 17.6. The van der Waals surface area contributed by atoms with E-state index in [4.69, 9.17) is 9.72 Å². The summed E-state index contributed by atoms with van der Waals surface area (Å²) in [6.07, 6.45) is 0. The van der Waals surface area contributed by atoms with Gasteiger partial charge in [-0.25, -0.2) is 4.79 Å². The molecule has 3 rings (SSSR count). The van der Waals surface area contributed by atoms with Crippen molar-refractivity contribution in [3.63, 3.8) is 0 Å². The molecule has 6 nitrogen and oxygen atoms in total. The first-order chi connectivity index (χ1) is 14.6. The highest BCUT2D eigenvalue weighted by Gasteiger charge is 2.24. The third-order valence-corrected chi connectivity index (χ3v) is 4.98. The molecular formula is C24H27N3O3. The molecule has 0 bridgehead atoms. The van der Waals surface area contributed by atoms with Crippen LogP contribution in [0.1, 0.15) is 29.9 Å². The fraction of sp³-hybridized carbons (Fsp3) is 0.292. The highest BCUT2D eigenvalue weighted by atomic mass is 16.5. The Hall–Kier alpha value is -3.25. The van der Waals surface area contributed by atoms with Crippen molar-refractivity contribution in [2.24, 2.45) is 0 Å². The first kappa shape index (κ1) is 21.5. The van der Waals surface area contributed by atoms with Crippen molar-refractivity contribution in [2.75, 3.05) is 26.7 Å². The number of nitrogens with zero attached hydrogens (tertiary/aromatic N) is 2. The molecule has 30 heavy (non-hydrogen) atoms. The average molecular weight is 405 g/mol. The molecule has 0 aliphatic heterocycles. The summed E-state index contributed by atoms with van der Waals surface area (Å²) in [5.74, 6) is -0.487. The highest BCUT2D eigenvalue weighted by molar-refractivity contribution is 6.07. The first-order valence-electron chi connectivity index (χ1n) is 10.1. The maximum absolute atomic E-state index is 12.9. The molecule has 1 heterocycles. The standard InChI is InChI=1S/C24H27N3O3/c1-4-25-21(28)16-27(5-2)15-20-23(24(29)30-3)22(17-11-7-6-8-12-17)18-13-9-10-14-19(18)26-20/h6-14H,4-5,15-16H2,1-3H3,(H,25,28). The molecule has 6 heteroatoms. The Morgan fingerprint density at radius 3 is 2.40 bits per heavy atom. The predicted octanol–water partition coefficient (Wildman–Crippen LogP) is 3.65. The van der Waals surface area contributed by atoms with Crippen molar-refractivity contribution in [1.29, 1.82) is 0 Å². The summed E-state index contributed by atoms with van der Waals surface area (Å²) in [4.78, 5) is 31.8. The largest absolute Gasteiger partial charge is 0.465 e. The van der Waals surface area contributed by atoms with Gasteiger partial charge in [-0.3, -0.25) is 14.7 Å². The van der Waals surface area contributed by atoms with Gasteiger partial charge in [-0.1, -0.05) is 55.5 Å². The van der Waals surface area contributed by atoms with E-state index in [9.17, 15) is 9.59 Å². The van der Waals surface area contributed by atoms with Gasteiger partial charge in [0.25, 0.3) is 0 Å². The number of methoxy groups -OCH3 is 1. The number of nitrogens with one attached hydrogen (secondary N) is 1. The number of amides is 1. The number of esters is 1. The monoisotopic (exact) mass is 405 g/mol. The summed E-state index contributed by atoms with van der Waals surface area (Å²) in [6.45, 7) is 5.70. The Morgan fingerprint density at radius 2 is 1.73 bits per heavy atom. The summed E-state index contributed by atoms with van der Waals surface area (Å²) in [5.41, 5.74) is 3.57. The molecule has 2 aromatic carbocycles. The van der Waals surface area contributed by atoms with Gasteiger partial charge in [0.05, 0.1) is 30.4 Å². The molecule has 1 aromatic heterocycles. The second-order valence-corrected chi connectivity index (χ2v) is 6.94. The number of ether oxygens (including phenoxy) is 1. The van der Waals surface area contributed by atoms with Gasteiger partial charge in [0.15, 0.2) is 0 Å². The lowest BCUT2D eigenvalue weighted by Crippen LogP contribution is -2.37. The van der Waals surface area contributed by atoms with Gasteiger partial charge < -0.3 is 10.1 Å². The van der Waals surface area contributed by atoms with Crippen LogP contribution in [0.3, 0.4) is 0 Å². The van der Waals surface area contributed by atoms with E-state index in [1.165, 1.54) is 7.11 Å². The molecule has 156 valence electrons. The zero-order valence-electron chi connectivity index (χ0n) is 17.6. The van der Waals surface area contributed by atoms with Crippen LogP contribution < -0.4 is 5.32 Å². The molecule has 0 saturated carbocycles. The molecule has 0 fully saturated rings. The van der Waals surface area contributed by atoms with E-state index in [2.05, 4.69) is 5.32 Å². The zero-order chi connectivity index (χ0) is 21.5. The number of fused-ring (bicyclic) bond motifs is 1. The molecule has 0 atom stereocenters. The van der Waals surface area contributed by atoms with Gasteiger partial charge in [0, 0.05) is 24.0 Å². The van der Waals surface area contributed by atoms with E-state index in [1.54, 1.807) is 0 Å². The van der Waals surface area contributed by atoms with Gasteiger partial charge in [-0.15, -0.1) is 0 Å². The molecule has 1 amide bonds. The minimum atomic E-state index is -0.434. The number of rotatable bonds is 8. The lowest BCUT2D eigenvalue weighted by atomic mass is 9.94. The summed E-state index contributed by atoms with van der Waals surface area (Å²) in [6, 6.07) is 17.5. The third kappa shape index (κ3) is 4.66. The van der Waals surface area contributed by atoms with Crippen molar-refractivity contribution in [2.45, 2.75) is 20.4 Å². The van der Waals surface area contributed by atoms with Crippen LogP contribution >= 0.6 is 0 Å². The van der Waals surface area contributed by atoms with Gasteiger partial charge >= 0.3 is 5.97 Å². The van der Waals surface area contributed by atoms with E-state index < -0.39 is 5.97 Å². The number of carbonyl (C=O) groups excluding carboxylic acids is 2. The van der Waals surface area contributed by atoms with Crippen molar-refractivity contribution < 1.29 is 14.3 Å². The molecule has 0 saturated heterocycles. The number of carbonyl (C=O) groups is 2. The normalized spacial score (nSPS) is 10.9. The van der Waals surface area contributed by atoms with Crippen LogP contribution in [0.2, 0.25) is 0 Å². The minimum absolute atomic E-state index is 0.0527. The van der Waals surface area contributed by atoms with Crippen molar-refractivity contribution in [1.82, 2.24) is 15.2 Å². The van der Waals surface area contributed by atoms with E-state index in [0.717, 1.165) is 22.0 Å². The lowest BCUT2D eigenvalue weighted by Gasteiger charge is -2.22. The molecule has 0 radical (unpaired) electrons. The Kier molecular flexibility index (Phi) is 7.14. The fourth-order valence-electron chi connectivity index (χ4n) is 3.55. The maximum Gasteiger partial charge on any atom is 0.340 e. The SMILES string of the molecule is CCNC(=O)CN(CC)Cc1nc2ccccc2c(-c2ccccc2)c1C(=O)OC. The van der Waals surface area contributed by atoms with Crippen molar-refractivity contribution in [3.05, 3.63) is 65.9 Å². The van der Waals surface area contributed by atoms with Crippen molar-refractivity contribution >= 4 is 22.8 Å². The van der Waals surface area contributed by atoms with Gasteiger partial charge in [0.2, 0.25) is 5.91 Å². The van der Waals surface area contributed by atoms with Gasteiger partial charge in [-0.2, -0.15) is 0 Å². The number of benzene rings is 2. The lowest BCUT2D eigenvalue weighted by molar-refractivity contribution is -0.122. The number of aromatic nitrogens is 1. The molecular weight excluding hydrogens is 378 g/mol. The number of hydrogen-bond donors (Lipinski definition) is 1. The summed E-state index contributed by atoms with van der Waals surface area (Å²) < 4.78 is 5.15. The Balaban J connectivity index is 2.18. The number of para-hydroxylation sites is 1. The predicted molar refractivity (Wildman–Crippen MR) is 118 cm³/mol. The summed E-state index contributed by atoms with van der Waals surface area (Å²) >= 11 is 0. The topological polar surface area (TPSA) is 71.5 Å². The quantitative estimate of drug-likeness (QED) is 0.579. The number of hydrogen-bond acceptors (Lipinski definition) is 5. The van der Waals surface area contributed by atoms with Crippen LogP contribution in [0.25, 0.3) is 22.0 Å². The van der Waals surface area contributed by atoms with Crippen LogP contribution in [0, 0.1) is 0 Å². The van der Waals surface area contributed by atoms with E-state index in [-0.39, 0.29) is 12.5 Å². The number of pyridine rings is 1. The second kappa shape index (κ2) is 9.98. The molecule has 1 N–H and O–H groups in total.